The Morgan fingerprint density at radius 1 is 1.25 bits per heavy atom. The number of hydrogen-bond acceptors (Lipinski definition) is 4. The van der Waals surface area contributed by atoms with Gasteiger partial charge in [0.1, 0.15) is 0 Å². The molecule has 0 radical (unpaired) electrons. The Kier molecular flexibility index (Phi) is 5.24. The molecule has 0 aliphatic rings. The molecule has 0 spiro atoms. The molecule has 102 valence electrons. The molecule has 1 aromatic heterocycles. The summed E-state index contributed by atoms with van der Waals surface area (Å²) in [6, 6.07) is 13.0. The molecule has 0 fully saturated rings. The maximum atomic E-state index is 10.0. The topological polar surface area (TPSA) is 68.9 Å². The molecule has 2 N–H and O–H groups in total. The van der Waals surface area contributed by atoms with E-state index in [9.17, 15) is 5.11 Å². The van der Waals surface area contributed by atoms with Crippen LogP contribution >= 0.6 is 0 Å². The number of pyridine rings is 1. The van der Waals surface area contributed by atoms with Crippen molar-refractivity contribution < 1.29 is 5.11 Å². The minimum atomic E-state index is -0.559. The average molecular weight is 267 g/mol. The Hall–Kier alpha value is -2.22. The predicted molar refractivity (Wildman–Crippen MR) is 76.9 cm³/mol. The summed E-state index contributed by atoms with van der Waals surface area (Å²) in [7, 11) is 0. The lowest BCUT2D eigenvalue weighted by atomic mass is 10.1. The molecule has 0 aliphatic carbocycles. The first-order valence-corrected chi connectivity index (χ1v) is 6.57. The molecular formula is C16H17N3O. The first kappa shape index (κ1) is 14.2. The van der Waals surface area contributed by atoms with Gasteiger partial charge >= 0.3 is 0 Å². The Morgan fingerprint density at radius 3 is 2.70 bits per heavy atom. The van der Waals surface area contributed by atoms with Crippen LogP contribution in [-0.2, 0) is 6.42 Å². The minimum Gasteiger partial charge on any atom is -0.387 e. The number of aliphatic hydroxyl groups excluding tert-OH is 1. The molecule has 0 bridgehead atoms. The van der Waals surface area contributed by atoms with Gasteiger partial charge in [0.25, 0.3) is 0 Å². The SMILES string of the molecule is N#Cc1ccc(C(O)CNCCc2cccnc2)cc1. The summed E-state index contributed by atoms with van der Waals surface area (Å²) in [5.41, 5.74) is 2.59. The summed E-state index contributed by atoms with van der Waals surface area (Å²) >= 11 is 0. The molecule has 0 amide bonds. The first-order chi connectivity index (χ1) is 9.79. The molecule has 0 saturated heterocycles. The van der Waals surface area contributed by atoms with E-state index in [1.165, 1.54) is 5.56 Å². The van der Waals surface area contributed by atoms with Crippen molar-refractivity contribution in [2.75, 3.05) is 13.1 Å². The third-order valence-corrected chi connectivity index (χ3v) is 3.08. The lowest BCUT2D eigenvalue weighted by Gasteiger charge is -2.12. The molecule has 0 aliphatic heterocycles. The number of benzene rings is 1. The minimum absolute atomic E-state index is 0.492. The van der Waals surface area contributed by atoms with E-state index in [0.717, 1.165) is 18.5 Å². The normalized spacial score (nSPS) is 11.8. The molecule has 1 atom stereocenters. The van der Waals surface area contributed by atoms with Gasteiger partial charge in [-0.3, -0.25) is 4.98 Å². The highest BCUT2D eigenvalue weighted by atomic mass is 16.3. The van der Waals surface area contributed by atoms with E-state index < -0.39 is 6.10 Å². The average Bonchev–Trinajstić information content (AvgIpc) is 2.52. The summed E-state index contributed by atoms with van der Waals surface area (Å²) in [6.45, 7) is 1.28. The standard InChI is InChI=1S/C16H17N3O/c17-10-13-3-5-15(6-4-13)16(20)12-19-9-7-14-2-1-8-18-11-14/h1-6,8,11,16,19-20H,7,9,12H2. The van der Waals surface area contributed by atoms with Crippen LogP contribution in [0.5, 0.6) is 0 Å². The fourth-order valence-electron chi connectivity index (χ4n) is 1.92. The number of aliphatic hydroxyl groups is 1. The van der Waals surface area contributed by atoms with Crippen LogP contribution in [0.3, 0.4) is 0 Å². The molecule has 4 nitrogen and oxygen atoms in total. The van der Waals surface area contributed by atoms with E-state index in [-0.39, 0.29) is 0 Å². The van der Waals surface area contributed by atoms with E-state index in [4.69, 9.17) is 5.26 Å². The summed E-state index contributed by atoms with van der Waals surface area (Å²) in [5, 5.41) is 22.0. The van der Waals surface area contributed by atoms with E-state index >= 15 is 0 Å². The highest BCUT2D eigenvalue weighted by molar-refractivity contribution is 5.32. The molecule has 1 aromatic carbocycles. The summed E-state index contributed by atoms with van der Waals surface area (Å²) in [5.74, 6) is 0. The van der Waals surface area contributed by atoms with Gasteiger partial charge in [-0.1, -0.05) is 18.2 Å². The summed E-state index contributed by atoms with van der Waals surface area (Å²) in [6.07, 6.45) is 3.93. The number of rotatable bonds is 6. The monoisotopic (exact) mass is 267 g/mol. The van der Waals surface area contributed by atoms with Crippen molar-refractivity contribution in [3.05, 3.63) is 65.5 Å². The zero-order chi connectivity index (χ0) is 14.2. The van der Waals surface area contributed by atoms with Crippen molar-refractivity contribution in [1.29, 1.82) is 5.26 Å². The molecular weight excluding hydrogens is 250 g/mol. The maximum Gasteiger partial charge on any atom is 0.0991 e. The van der Waals surface area contributed by atoms with Crippen LogP contribution in [-0.4, -0.2) is 23.2 Å². The van der Waals surface area contributed by atoms with E-state index in [1.54, 1.807) is 30.5 Å². The smallest absolute Gasteiger partial charge is 0.0991 e. The molecule has 0 saturated carbocycles. The Bertz CT molecular complexity index is 561. The fourth-order valence-corrected chi connectivity index (χ4v) is 1.92. The number of nitrogens with one attached hydrogen (secondary N) is 1. The number of nitriles is 1. The number of hydrogen-bond donors (Lipinski definition) is 2. The van der Waals surface area contributed by atoms with Gasteiger partial charge < -0.3 is 10.4 Å². The number of aromatic nitrogens is 1. The Morgan fingerprint density at radius 2 is 2.05 bits per heavy atom. The lowest BCUT2D eigenvalue weighted by molar-refractivity contribution is 0.175. The van der Waals surface area contributed by atoms with Crippen molar-refractivity contribution in [3.8, 4) is 6.07 Å². The molecule has 1 unspecified atom stereocenters. The maximum absolute atomic E-state index is 10.0. The fraction of sp³-hybridized carbons (Fsp3) is 0.250. The second-order valence-electron chi connectivity index (χ2n) is 4.57. The zero-order valence-electron chi connectivity index (χ0n) is 11.2. The largest absolute Gasteiger partial charge is 0.387 e. The van der Waals surface area contributed by atoms with Gasteiger partial charge in [-0.25, -0.2) is 0 Å². The van der Waals surface area contributed by atoms with Gasteiger partial charge in [-0.2, -0.15) is 5.26 Å². The molecule has 1 heterocycles. The van der Waals surface area contributed by atoms with Crippen LogP contribution in [0.1, 0.15) is 22.8 Å². The quantitative estimate of drug-likeness (QED) is 0.783. The highest BCUT2D eigenvalue weighted by Crippen LogP contribution is 2.12. The van der Waals surface area contributed by atoms with Gasteiger partial charge in [-0.05, 0) is 42.3 Å². The Balaban J connectivity index is 1.74. The lowest BCUT2D eigenvalue weighted by Crippen LogP contribution is -2.23. The van der Waals surface area contributed by atoms with Crippen LogP contribution in [0.25, 0.3) is 0 Å². The third-order valence-electron chi connectivity index (χ3n) is 3.08. The second kappa shape index (κ2) is 7.39. The van der Waals surface area contributed by atoms with E-state index in [0.29, 0.717) is 12.1 Å². The van der Waals surface area contributed by atoms with Crippen molar-refractivity contribution in [3.63, 3.8) is 0 Å². The van der Waals surface area contributed by atoms with Crippen LogP contribution in [0.15, 0.2) is 48.8 Å². The predicted octanol–water partition coefficient (Wildman–Crippen LogP) is 1.82. The van der Waals surface area contributed by atoms with E-state index in [2.05, 4.69) is 16.4 Å². The summed E-state index contributed by atoms with van der Waals surface area (Å²) in [4.78, 5) is 4.06. The van der Waals surface area contributed by atoms with Gasteiger partial charge in [-0.15, -0.1) is 0 Å². The van der Waals surface area contributed by atoms with Crippen molar-refractivity contribution >= 4 is 0 Å². The summed E-state index contributed by atoms with van der Waals surface area (Å²) < 4.78 is 0. The Labute approximate surface area is 118 Å². The molecule has 4 heteroatoms. The van der Waals surface area contributed by atoms with E-state index in [1.807, 2.05) is 18.3 Å². The second-order valence-corrected chi connectivity index (χ2v) is 4.57. The van der Waals surface area contributed by atoms with Crippen LogP contribution in [0, 0.1) is 11.3 Å². The van der Waals surface area contributed by atoms with Crippen molar-refractivity contribution in [2.24, 2.45) is 0 Å². The van der Waals surface area contributed by atoms with Crippen LogP contribution in [0.2, 0.25) is 0 Å². The van der Waals surface area contributed by atoms with Gasteiger partial charge in [0, 0.05) is 18.9 Å². The highest BCUT2D eigenvalue weighted by Gasteiger charge is 2.06. The number of nitrogens with zero attached hydrogens (tertiary/aromatic N) is 2. The van der Waals surface area contributed by atoms with Crippen LogP contribution in [0.4, 0.5) is 0 Å². The van der Waals surface area contributed by atoms with Gasteiger partial charge in [0.2, 0.25) is 0 Å². The molecule has 2 aromatic rings. The molecule has 2 rings (SSSR count). The van der Waals surface area contributed by atoms with Crippen LogP contribution < -0.4 is 5.32 Å². The zero-order valence-corrected chi connectivity index (χ0v) is 11.2. The van der Waals surface area contributed by atoms with Gasteiger partial charge in [0.05, 0.1) is 17.7 Å². The molecule has 20 heavy (non-hydrogen) atoms. The third kappa shape index (κ3) is 4.16. The van der Waals surface area contributed by atoms with Crippen molar-refractivity contribution in [1.82, 2.24) is 10.3 Å². The van der Waals surface area contributed by atoms with Crippen molar-refractivity contribution in [2.45, 2.75) is 12.5 Å². The van der Waals surface area contributed by atoms with Gasteiger partial charge in [0.15, 0.2) is 0 Å². The first-order valence-electron chi connectivity index (χ1n) is 6.57.